The lowest BCUT2D eigenvalue weighted by Gasteiger charge is -2.16. The van der Waals surface area contributed by atoms with Crippen molar-refractivity contribution in [2.75, 3.05) is 30.8 Å². The highest BCUT2D eigenvalue weighted by molar-refractivity contribution is 5.82. The van der Waals surface area contributed by atoms with E-state index in [9.17, 15) is 15.3 Å². The van der Waals surface area contributed by atoms with Gasteiger partial charge in [-0.25, -0.2) is 4.98 Å². The predicted octanol–water partition coefficient (Wildman–Crippen LogP) is -1.41. The molecule has 0 bridgehead atoms. The maximum Gasteiger partial charge on any atom is 0.226 e. The molecule has 0 amide bonds. The number of ether oxygens (including phenoxy) is 1. The number of hydrogen-bond donors (Lipinski definition) is 6. The van der Waals surface area contributed by atoms with Crippen LogP contribution in [-0.4, -0.2) is 78.0 Å². The first-order chi connectivity index (χ1) is 12.6. The second-order valence-electron chi connectivity index (χ2n) is 6.20. The molecule has 4 atom stereocenters. The molecule has 3 rings (SSSR count). The number of nitrogen functional groups attached to an aromatic ring is 1. The highest BCUT2D eigenvalue weighted by atomic mass is 16.6. The van der Waals surface area contributed by atoms with Crippen molar-refractivity contribution in [2.45, 2.75) is 43.8 Å². The number of anilines is 2. The van der Waals surface area contributed by atoms with E-state index in [1.165, 1.54) is 10.9 Å². The number of fused-ring (bicyclic) bond motifs is 1. The van der Waals surface area contributed by atoms with Gasteiger partial charge >= 0.3 is 0 Å². The smallest absolute Gasteiger partial charge is 0.226 e. The topological polar surface area (TPSA) is 172 Å². The van der Waals surface area contributed by atoms with Gasteiger partial charge in [0.05, 0.1) is 12.9 Å². The SMILES string of the molecule is Nc1nc(NCCCCCO)nc2c1ncn2C1O[C@H](CO)[C@@H](O)[C@H]1O. The molecule has 1 unspecified atom stereocenters. The summed E-state index contributed by atoms with van der Waals surface area (Å²) < 4.78 is 6.99. The molecule has 26 heavy (non-hydrogen) atoms. The number of unbranched alkanes of at least 4 members (excludes halogenated alkanes) is 2. The van der Waals surface area contributed by atoms with Crippen LogP contribution in [0, 0.1) is 0 Å². The third-order valence-electron chi connectivity index (χ3n) is 4.36. The van der Waals surface area contributed by atoms with Gasteiger partial charge in [0.1, 0.15) is 23.8 Å². The maximum atomic E-state index is 10.2. The van der Waals surface area contributed by atoms with Crippen LogP contribution in [0.25, 0.3) is 11.2 Å². The fourth-order valence-corrected chi connectivity index (χ4v) is 2.93. The summed E-state index contributed by atoms with van der Waals surface area (Å²) in [5, 5.41) is 41.2. The average Bonchev–Trinajstić information content (AvgIpc) is 3.17. The van der Waals surface area contributed by atoms with Crippen LogP contribution in [0.4, 0.5) is 11.8 Å². The highest BCUT2D eigenvalue weighted by Crippen LogP contribution is 2.32. The molecular formula is C15H24N6O5. The quantitative estimate of drug-likeness (QED) is 0.304. The zero-order chi connectivity index (χ0) is 18.7. The number of aliphatic hydroxyl groups excluding tert-OH is 4. The molecule has 0 aromatic carbocycles. The normalized spacial score (nSPS) is 25.8. The Morgan fingerprint density at radius 2 is 1.96 bits per heavy atom. The molecule has 11 heteroatoms. The Hall–Kier alpha value is -2.05. The first-order valence-electron chi connectivity index (χ1n) is 8.54. The van der Waals surface area contributed by atoms with Crippen molar-refractivity contribution in [3.63, 3.8) is 0 Å². The Morgan fingerprint density at radius 1 is 1.15 bits per heavy atom. The van der Waals surface area contributed by atoms with Gasteiger partial charge in [0, 0.05) is 13.2 Å². The van der Waals surface area contributed by atoms with Crippen molar-refractivity contribution in [3.8, 4) is 0 Å². The zero-order valence-electron chi connectivity index (χ0n) is 14.2. The first-order valence-corrected chi connectivity index (χ1v) is 8.54. The molecule has 0 spiro atoms. The van der Waals surface area contributed by atoms with Crippen molar-refractivity contribution in [1.29, 1.82) is 0 Å². The van der Waals surface area contributed by atoms with Crippen molar-refractivity contribution < 1.29 is 25.2 Å². The van der Waals surface area contributed by atoms with Crippen molar-refractivity contribution >= 4 is 22.9 Å². The lowest BCUT2D eigenvalue weighted by atomic mass is 10.1. The third kappa shape index (κ3) is 3.57. The molecule has 1 fully saturated rings. The molecule has 1 aliphatic rings. The molecule has 144 valence electrons. The van der Waals surface area contributed by atoms with E-state index < -0.39 is 31.1 Å². The third-order valence-corrected chi connectivity index (χ3v) is 4.36. The fourth-order valence-electron chi connectivity index (χ4n) is 2.93. The van der Waals surface area contributed by atoms with E-state index in [4.69, 9.17) is 15.6 Å². The molecule has 7 N–H and O–H groups in total. The van der Waals surface area contributed by atoms with Crippen LogP contribution in [0.1, 0.15) is 25.5 Å². The minimum absolute atomic E-state index is 0.166. The molecule has 0 aliphatic carbocycles. The Kier molecular flexibility index (Phi) is 5.84. The van der Waals surface area contributed by atoms with Gasteiger partial charge in [-0.2, -0.15) is 9.97 Å². The summed E-state index contributed by atoms with van der Waals surface area (Å²) >= 11 is 0. The molecule has 2 aromatic heterocycles. The number of nitrogens with two attached hydrogens (primary N) is 1. The largest absolute Gasteiger partial charge is 0.396 e. The molecular weight excluding hydrogens is 344 g/mol. The fraction of sp³-hybridized carbons (Fsp3) is 0.667. The molecule has 2 aromatic rings. The summed E-state index contributed by atoms with van der Waals surface area (Å²) in [5.74, 6) is 0.492. The molecule has 0 radical (unpaired) electrons. The highest BCUT2D eigenvalue weighted by Gasteiger charge is 2.44. The van der Waals surface area contributed by atoms with Crippen LogP contribution < -0.4 is 11.1 Å². The number of imidazole rings is 1. The molecule has 1 saturated heterocycles. The zero-order valence-corrected chi connectivity index (χ0v) is 14.2. The Morgan fingerprint density at radius 3 is 2.65 bits per heavy atom. The Bertz CT molecular complexity index is 741. The maximum absolute atomic E-state index is 10.2. The van der Waals surface area contributed by atoms with E-state index in [-0.39, 0.29) is 12.4 Å². The van der Waals surface area contributed by atoms with E-state index in [0.717, 1.165) is 19.3 Å². The van der Waals surface area contributed by atoms with Crippen LogP contribution in [0.5, 0.6) is 0 Å². The standard InChI is InChI=1S/C15H24N6O5/c16-12-9-13(20-15(19-12)17-4-2-1-3-5-22)21(7-18-9)14-11(25)10(24)8(6-23)26-14/h7-8,10-11,14,22-25H,1-6H2,(H3,16,17,19,20)/t8-,10-,11-,14?/m1/s1. The summed E-state index contributed by atoms with van der Waals surface area (Å²) in [6, 6.07) is 0. The van der Waals surface area contributed by atoms with E-state index in [1.807, 2.05) is 0 Å². The minimum atomic E-state index is -1.24. The van der Waals surface area contributed by atoms with Crippen LogP contribution in [0.2, 0.25) is 0 Å². The molecule has 1 aliphatic heterocycles. The summed E-state index contributed by atoms with van der Waals surface area (Å²) in [4.78, 5) is 12.7. The van der Waals surface area contributed by atoms with Crippen molar-refractivity contribution in [3.05, 3.63) is 6.33 Å². The predicted molar refractivity (Wildman–Crippen MR) is 92.2 cm³/mol. The van der Waals surface area contributed by atoms with Gasteiger partial charge in [0.15, 0.2) is 17.7 Å². The van der Waals surface area contributed by atoms with Gasteiger partial charge in [-0.05, 0) is 19.3 Å². The van der Waals surface area contributed by atoms with Gasteiger partial charge in [-0.1, -0.05) is 0 Å². The first kappa shape index (κ1) is 18.7. The van der Waals surface area contributed by atoms with Crippen molar-refractivity contribution in [2.24, 2.45) is 0 Å². The number of nitrogens with one attached hydrogen (secondary N) is 1. The van der Waals surface area contributed by atoms with Crippen molar-refractivity contribution in [1.82, 2.24) is 19.5 Å². The van der Waals surface area contributed by atoms with E-state index in [1.54, 1.807) is 0 Å². The van der Waals surface area contributed by atoms with Gasteiger partial charge < -0.3 is 36.2 Å². The van der Waals surface area contributed by atoms with Crippen LogP contribution in [0.15, 0.2) is 6.33 Å². The average molecular weight is 368 g/mol. The molecule has 11 nitrogen and oxygen atoms in total. The summed E-state index contributed by atoms with van der Waals surface area (Å²) in [7, 11) is 0. The number of nitrogens with zero attached hydrogens (tertiary/aromatic N) is 4. The second kappa shape index (κ2) is 8.10. The number of aromatic nitrogens is 4. The van der Waals surface area contributed by atoms with E-state index >= 15 is 0 Å². The van der Waals surface area contributed by atoms with Crippen LogP contribution in [-0.2, 0) is 4.74 Å². The monoisotopic (exact) mass is 368 g/mol. The number of hydrogen-bond acceptors (Lipinski definition) is 10. The van der Waals surface area contributed by atoms with E-state index in [0.29, 0.717) is 23.7 Å². The van der Waals surface area contributed by atoms with Gasteiger partial charge in [-0.15, -0.1) is 0 Å². The van der Waals surface area contributed by atoms with Crippen LogP contribution in [0.3, 0.4) is 0 Å². The van der Waals surface area contributed by atoms with Crippen LogP contribution >= 0.6 is 0 Å². The van der Waals surface area contributed by atoms with E-state index in [2.05, 4.69) is 20.3 Å². The summed E-state index contributed by atoms with van der Waals surface area (Å²) in [6.07, 6.45) is -0.434. The van der Waals surface area contributed by atoms with Gasteiger partial charge in [0.25, 0.3) is 0 Å². The van der Waals surface area contributed by atoms with Gasteiger partial charge in [0.2, 0.25) is 5.95 Å². The minimum Gasteiger partial charge on any atom is -0.396 e. The summed E-state index contributed by atoms with van der Waals surface area (Å²) in [5.41, 5.74) is 6.65. The molecule has 3 heterocycles. The lowest BCUT2D eigenvalue weighted by Crippen LogP contribution is -2.33. The molecule has 0 saturated carbocycles. The Balaban J connectivity index is 1.81. The number of rotatable bonds is 8. The number of aliphatic hydroxyl groups is 4. The Labute approximate surface area is 149 Å². The van der Waals surface area contributed by atoms with Gasteiger partial charge in [-0.3, -0.25) is 4.57 Å². The second-order valence-corrected chi connectivity index (χ2v) is 6.20. The lowest BCUT2D eigenvalue weighted by molar-refractivity contribution is -0.0511. The summed E-state index contributed by atoms with van der Waals surface area (Å²) in [6.45, 7) is 0.366.